The molecular weight excluding hydrogens is 368 g/mol. The molecule has 0 saturated heterocycles. The zero-order chi connectivity index (χ0) is 18.1. The summed E-state index contributed by atoms with van der Waals surface area (Å²) in [6.45, 7) is 2.09. The number of benzene rings is 2. The highest BCUT2D eigenvalue weighted by molar-refractivity contribution is 7.13. The number of nitrogens with one attached hydrogen (secondary N) is 1. The second-order valence-corrected chi connectivity index (χ2v) is 7.15. The molecule has 0 saturated carbocycles. The third-order valence-electron chi connectivity index (χ3n) is 3.89. The molecule has 0 aliphatic carbocycles. The quantitative estimate of drug-likeness (QED) is 0.553. The lowest BCUT2D eigenvalue weighted by Gasteiger charge is -2.09. The van der Waals surface area contributed by atoms with Gasteiger partial charge in [0.05, 0.1) is 11.0 Å². The summed E-state index contributed by atoms with van der Waals surface area (Å²) in [5.41, 5.74) is 3.39. The van der Waals surface area contributed by atoms with Crippen molar-refractivity contribution in [1.29, 1.82) is 0 Å². The molecule has 2 heterocycles. The van der Waals surface area contributed by atoms with Crippen LogP contribution in [0.25, 0.3) is 21.9 Å². The van der Waals surface area contributed by atoms with Crippen molar-refractivity contribution >= 4 is 45.6 Å². The second-order valence-electron chi connectivity index (χ2n) is 5.86. The molecule has 0 fully saturated rings. The number of amides is 1. The molecule has 0 radical (unpaired) electrons. The molecule has 4 rings (SSSR count). The van der Waals surface area contributed by atoms with Gasteiger partial charge in [0.1, 0.15) is 6.54 Å². The highest BCUT2D eigenvalue weighted by Crippen LogP contribution is 2.27. The number of fused-ring (bicyclic) bond motifs is 1. The van der Waals surface area contributed by atoms with Crippen molar-refractivity contribution in [1.82, 2.24) is 14.5 Å². The number of thiazole rings is 1. The predicted molar refractivity (Wildman–Crippen MR) is 106 cm³/mol. The van der Waals surface area contributed by atoms with Crippen molar-refractivity contribution < 1.29 is 4.79 Å². The number of imidazole rings is 1. The summed E-state index contributed by atoms with van der Waals surface area (Å²) < 4.78 is 1.90. The fourth-order valence-corrected chi connectivity index (χ4v) is 3.65. The SMILES string of the molecule is Cc1csc(-c2nc3ccccc3n2CC(=O)Nc2ccc(Cl)cc2)n1. The Hall–Kier alpha value is -2.70. The first kappa shape index (κ1) is 16.8. The second kappa shape index (κ2) is 6.90. The Morgan fingerprint density at radius 3 is 2.65 bits per heavy atom. The summed E-state index contributed by atoms with van der Waals surface area (Å²) in [5, 5.41) is 6.31. The van der Waals surface area contributed by atoms with Gasteiger partial charge in [0.2, 0.25) is 5.91 Å². The maximum absolute atomic E-state index is 12.6. The van der Waals surface area contributed by atoms with E-state index in [2.05, 4.69) is 15.3 Å². The van der Waals surface area contributed by atoms with E-state index in [9.17, 15) is 4.79 Å². The van der Waals surface area contributed by atoms with Crippen LogP contribution >= 0.6 is 22.9 Å². The van der Waals surface area contributed by atoms with Gasteiger partial charge >= 0.3 is 0 Å². The van der Waals surface area contributed by atoms with Gasteiger partial charge in [0.25, 0.3) is 0 Å². The molecule has 0 aliphatic rings. The lowest BCUT2D eigenvalue weighted by Crippen LogP contribution is -2.19. The van der Waals surface area contributed by atoms with E-state index in [4.69, 9.17) is 11.6 Å². The molecule has 2 aromatic carbocycles. The molecule has 26 heavy (non-hydrogen) atoms. The highest BCUT2D eigenvalue weighted by atomic mass is 35.5. The molecule has 1 N–H and O–H groups in total. The van der Waals surface area contributed by atoms with Gasteiger partial charge in [-0.1, -0.05) is 23.7 Å². The standard InChI is InChI=1S/C19H15ClN4OS/c1-12-11-26-19(21-12)18-23-15-4-2-3-5-16(15)24(18)10-17(25)22-14-8-6-13(20)7-9-14/h2-9,11H,10H2,1H3,(H,22,25). The first-order chi connectivity index (χ1) is 12.6. The van der Waals surface area contributed by atoms with E-state index >= 15 is 0 Å². The Morgan fingerprint density at radius 1 is 1.15 bits per heavy atom. The van der Waals surface area contributed by atoms with Crippen LogP contribution in [0.2, 0.25) is 5.02 Å². The number of hydrogen-bond acceptors (Lipinski definition) is 4. The lowest BCUT2D eigenvalue weighted by atomic mass is 10.3. The average Bonchev–Trinajstić information content (AvgIpc) is 3.21. The Balaban J connectivity index is 1.68. The number of aromatic nitrogens is 3. The Morgan fingerprint density at radius 2 is 1.92 bits per heavy atom. The van der Waals surface area contributed by atoms with Gasteiger partial charge in [-0.15, -0.1) is 11.3 Å². The number of para-hydroxylation sites is 2. The van der Waals surface area contributed by atoms with Crippen LogP contribution in [0.3, 0.4) is 0 Å². The van der Waals surface area contributed by atoms with Gasteiger partial charge < -0.3 is 9.88 Å². The van der Waals surface area contributed by atoms with Crippen LogP contribution in [0.1, 0.15) is 5.69 Å². The predicted octanol–water partition coefficient (Wildman–Crippen LogP) is 4.76. The first-order valence-electron chi connectivity index (χ1n) is 8.03. The molecule has 1 amide bonds. The van der Waals surface area contributed by atoms with Gasteiger partial charge in [0.15, 0.2) is 10.8 Å². The van der Waals surface area contributed by atoms with Crippen molar-refractivity contribution in [2.45, 2.75) is 13.5 Å². The van der Waals surface area contributed by atoms with E-state index in [0.717, 1.165) is 21.7 Å². The van der Waals surface area contributed by atoms with Crippen molar-refractivity contribution in [3.63, 3.8) is 0 Å². The van der Waals surface area contributed by atoms with Crippen LogP contribution in [0.15, 0.2) is 53.9 Å². The summed E-state index contributed by atoms with van der Waals surface area (Å²) >= 11 is 7.41. The van der Waals surface area contributed by atoms with Crippen molar-refractivity contribution in [3.8, 4) is 10.8 Å². The van der Waals surface area contributed by atoms with Gasteiger partial charge in [-0.3, -0.25) is 4.79 Å². The zero-order valence-electron chi connectivity index (χ0n) is 13.9. The highest BCUT2D eigenvalue weighted by Gasteiger charge is 2.17. The largest absolute Gasteiger partial charge is 0.325 e. The minimum Gasteiger partial charge on any atom is -0.325 e. The molecule has 0 unspecified atom stereocenters. The van der Waals surface area contributed by atoms with Crippen molar-refractivity contribution in [2.75, 3.05) is 5.32 Å². The third kappa shape index (κ3) is 3.34. The van der Waals surface area contributed by atoms with Crippen molar-refractivity contribution in [2.24, 2.45) is 0 Å². The minimum absolute atomic E-state index is 0.134. The van der Waals surface area contributed by atoms with Crippen LogP contribution in [0, 0.1) is 6.92 Å². The molecular formula is C19H15ClN4OS. The molecule has 0 atom stereocenters. The summed E-state index contributed by atoms with van der Waals surface area (Å²) in [7, 11) is 0. The molecule has 5 nitrogen and oxygen atoms in total. The van der Waals surface area contributed by atoms with Crippen LogP contribution in [0.5, 0.6) is 0 Å². The third-order valence-corrected chi connectivity index (χ3v) is 5.10. The normalized spacial score (nSPS) is 11.0. The van der Waals surface area contributed by atoms with Crippen LogP contribution in [-0.4, -0.2) is 20.4 Å². The van der Waals surface area contributed by atoms with E-state index in [1.54, 1.807) is 24.3 Å². The van der Waals surface area contributed by atoms with Gasteiger partial charge in [0, 0.05) is 21.8 Å². The Labute approximate surface area is 159 Å². The number of aryl methyl sites for hydroxylation is 1. The molecule has 0 bridgehead atoms. The minimum atomic E-state index is -0.134. The number of carbonyl (C=O) groups is 1. The summed E-state index contributed by atoms with van der Waals surface area (Å²) in [6.07, 6.45) is 0. The smallest absolute Gasteiger partial charge is 0.244 e. The van der Waals surface area contributed by atoms with E-state index in [1.165, 1.54) is 11.3 Å². The molecule has 4 aromatic rings. The summed E-state index contributed by atoms with van der Waals surface area (Å²) in [4.78, 5) is 21.8. The van der Waals surface area contributed by atoms with Gasteiger partial charge in [-0.2, -0.15) is 0 Å². The van der Waals surface area contributed by atoms with E-state index in [1.807, 2.05) is 41.1 Å². The van der Waals surface area contributed by atoms with Crippen LogP contribution in [0.4, 0.5) is 5.69 Å². The fourth-order valence-electron chi connectivity index (χ4n) is 2.73. The zero-order valence-corrected chi connectivity index (χ0v) is 15.5. The molecule has 0 aliphatic heterocycles. The van der Waals surface area contributed by atoms with Gasteiger partial charge in [-0.05, 0) is 43.3 Å². The van der Waals surface area contributed by atoms with E-state index in [0.29, 0.717) is 16.5 Å². The first-order valence-corrected chi connectivity index (χ1v) is 9.29. The average molecular weight is 383 g/mol. The number of nitrogens with zero attached hydrogens (tertiary/aromatic N) is 3. The number of anilines is 1. The van der Waals surface area contributed by atoms with Crippen molar-refractivity contribution in [3.05, 3.63) is 64.6 Å². The molecule has 130 valence electrons. The van der Waals surface area contributed by atoms with E-state index < -0.39 is 0 Å². The van der Waals surface area contributed by atoms with E-state index in [-0.39, 0.29) is 12.5 Å². The Bertz CT molecular complexity index is 1080. The number of hydrogen-bond donors (Lipinski definition) is 1. The Kier molecular flexibility index (Phi) is 4.44. The maximum Gasteiger partial charge on any atom is 0.244 e. The molecule has 2 aromatic heterocycles. The summed E-state index contributed by atoms with van der Waals surface area (Å²) in [6, 6.07) is 14.8. The van der Waals surface area contributed by atoms with Crippen LogP contribution < -0.4 is 5.32 Å². The number of halogens is 1. The monoisotopic (exact) mass is 382 g/mol. The fraction of sp³-hybridized carbons (Fsp3) is 0.105. The summed E-state index contributed by atoms with van der Waals surface area (Å²) in [5.74, 6) is 0.570. The van der Waals surface area contributed by atoms with Gasteiger partial charge in [-0.25, -0.2) is 9.97 Å². The maximum atomic E-state index is 12.6. The molecule has 7 heteroatoms. The number of rotatable bonds is 4. The van der Waals surface area contributed by atoms with Crippen LogP contribution in [-0.2, 0) is 11.3 Å². The topological polar surface area (TPSA) is 59.8 Å². The number of carbonyl (C=O) groups excluding carboxylic acids is 1. The lowest BCUT2D eigenvalue weighted by molar-refractivity contribution is -0.116. The molecule has 0 spiro atoms.